The summed E-state index contributed by atoms with van der Waals surface area (Å²) in [6, 6.07) is 15.4. The first-order chi connectivity index (χ1) is 16.0. The minimum atomic E-state index is -0.377. The number of esters is 1. The molecule has 0 atom stereocenters. The molecule has 2 aromatic rings. The van der Waals surface area contributed by atoms with Crippen molar-refractivity contribution in [2.24, 2.45) is 0 Å². The zero-order chi connectivity index (χ0) is 23.6. The summed E-state index contributed by atoms with van der Waals surface area (Å²) < 4.78 is 10.3. The second kappa shape index (κ2) is 11.9. The first-order valence-electron chi connectivity index (χ1n) is 11.2. The normalized spacial score (nSPS) is 13.4. The number of ether oxygens (including phenoxy) is 2. The quantitative estimate of drug-likeness (QED) is 0.613. The summed E-state index contributed by atoms with van der Waals surface area (Å²) in [4.78, 5) is 40.1. The van der Waals surface area contributed by atoms with Crippen molar-refractivity contribution in [3.8, 4) is 0 Å². The maximum atomic E-state index is 12.4. The average molecular weight is 454 g/mol. The lowest BCUT2D eigenvalue weighted by molar-refractivity contribution is -0.144. The van der Waals surface area contributed by atoms with Crippen LogP contribution in [-0.4, -0.2) is 55.7 Å². The van der Waals surface area contributed by atoms with Crippen LogP contribution in [0.25, 0.3) is 0 Å². The van der Waals surface area contributed by atoms with Crippen LogP contribution in [0.5, 0.6) is 0 Å². The van der Waals surface area contributed by atoms with Crippen molar-refractivity contribution in [3.63, 3.8) is 0 Å². The van der Waals surface area contributed by atoms with Crippen LogP contribution in [0.1, 0.15) is 30.9 Å². The first kappa shape index (κ1) is 24.1. The Morgan fingerprint density at radius 2 is 1.64 bits per heavy atom. The van der Waals surface area contributed by atoms with Crippen LogP contribution in [0.4, 0.5) is 16.2 Å². The van der Waals surface area contributed by atoms with E-state index in [0.717, 1.165) is 16.8 Å². The number of amides is 2. The smallest absolute Gasteiger partial charge is 0.410 e. The Morgan fingerprint density at radius 1 is 0.909 bits per heavy atom. The third-order valence-corrected chi connectivity index (χ3v) is 5.52. The molecule has 0 saturated carbocycles. The highest BCUT2D eigenvalue weighted by atomic mass is 16.6. The van der Waals surface area contributed by atoms with Gasteiger partial charge in [0.15, 0.2) is 0 Å². The van der Waals surface area contributed by atoms with Gasteiger partial charge in [-0.2, -0.15) is 0 Å². The van der Waals surface area contributed by atoms with Gasteiger partial charge in [0, 0.05) is 44.0 Å². The van der Waals surface area contributed by atoms with Crippen molar-refractivity contribution in [1.29, 1.82) is 0 Å². The Kier molecular flexibility index (Phi) is 8.69. The van der Waals surface area contributed by atoms with E-state index < -0.39 is 0 Å². The molecule has 0 unspecified atom stereocenters. The number of piperazine rings is 1. The molecular weight excluding hydrogens is 422 g/mol. The van der Waals surface area contributed by atoms with Crippen LogP contribution in [0.2, 0.25) is 0 Å². The summed E-state index contributed by atoms with van der Waals surface area (Å²) in [6.07, 6.45) is -0.176. The highest BCUT2D eigenvalue weighted by Crippen LogP contribution is 2.28. The average Bonchev–Trinajstić information content (AvgIpc) is 2.83. The fourth-order valence-electron chi connectivity index (χ4n) is 3.70. The van der Waals surface area contributed by atoms with Gasteiger partial charge in [0.2, 0.25) is 5.91 Å². The molecule has 8 nitrogen and oxygen atoms in total. The van der Waals surface area contributed by atoms with E-state index >= 15 is 0 Å². The third-order valence-electron chi connectivity index (χ3n) is 5.52. The first-order valence-corrected chi connectivity index (χ1v) is 11.2. The number of anilines is 2. The molecule has 33 heavy (non-hydrogen) atoms. The standard InChI is InChI=1S/C25H31N3O5/c1-3-32-24(30)13-12-23(29)26-21-10-7-11-22(19(21)2)27-14-16-28(17-15-27)25(31)33-18-20-8-5-4-6-9-20/h4-11H,3,12-18H2,1-2H3,(H,26,29). The molecule has 1 heterocycles. The van der Waals surface area contributed by atoms with Crippen LogP contribution < -0.4 is 10.2 Å². The summed E-state index contributed by atoms with van der Waals surface area (Å²) in [7, 11) is 0. The van der Waals surface area contributed by atoms with E-state index in [9.17, 15) is 14.4 Å². The molecule has 0 aromatic heterocycles. The molecule has 1 aliphatic rings. The predicted octanol–water partition coefficient (Wildman–Crippen LogP) is 3.74. The molecule has 0 radical (unpaired) electrons. The summed E-state index contributed by atoms with van der Waals surface area (Å²) in [5.41, 5.74) is 3.63. The second-order valence-electron chi connectivity index (χ2n) is 7.82. The van der Waals surface area contributed by atoms with Gasteiger partial charge in [-0.1, -0.05) is 36.4 Å². The van der Waals surface area contributed by atoms with E-state index in [1.165, 1.54) is 0 Å². The van der Waals surface area contributed by atoms with Gasteiger partial charge in [0.05, 0.1) is 13.0 Å². The van der Waals surface area contributed by atoms with Crippen molar-refractivity contribution in [2.75, 3.05) is 43.0 Å². The second-order valence-corrected chi connectivity index (χ2v) is 7.82. The summed E-state index contributed by atoms with van der Waals surface area (Å²) in [6.45, 7) is 6.71. The number of nitrogens with one attached hydrogen (secondary N) is 1. The molecule has 8 heteroatoms. The topological polar surface area (TPSA) is 88.2 Å². The van der Waals surface area contributed by atoms with E-state index in [0.29, 0.717) is 38.5 Å². The molecule has 3 rings (SSSR count). The Morgan fingerprint density at radius 3 is 2.33 bits per heavy atom. The molecule has 1 saturated heterocycles. The number of rotatable bonds is 8. The zero-order valence-corrected chi connectivity index (χ0v) is 19.2. The van der Waals surface area contributed by atoms with Gasteiger partial charge in [0.25, 0.3) is 0 Å². The Balaban J connectivity index is 1.51. The van der Waals surface area contributed by atoms with Crippen LogP contribution in [0, 0.1) is 6.92 Å². The highest BCUT2D eigenvalue weighted by molar-refractivity contribution is 5.94. The van der Waals surface area contributed by atoms with Crippen LogP contribution in [-0.2, 0) is 25.7 Å². The zero-order valence-electron chi connectivity index (χ0n) is 19.2. The molecule has 1 N–H and O–H groups in total. The highest BCUT2D eigenvalue weighted by Gasteiger charge is 2.24. The lowest BCUT2D eigenvalue weighted by atomic mass is 10.1. The van der Waals surface area contributed by atoms with Crippen LogP contribution in [0.15, 0.2) is 48.5 Å². The fourth-order valence-corrected chi connectivity index (χ4v) is 3.70. The molecule has 2 amide bonds. The molecular formula is C25H31N3O5. The van der Waals surface area contributed by atoms with Crippen LogP contribution >= 0.6 is 0 Å². The molecule has 2 aromatic carbocycles. The fraction of sp³-hybridized carbons (Fsp3) is 0.400. The number of hydrogen-bond donors (Lipinski definition) is 1. The van der Waals surface area contributed by atoms with Crippen molar-refractivity contribution in [3.05, 3.63) is 59.7 Å². The van der Waals surface area contributed by atoms with Crippen molar-refractivity contribution >= 4 is 29.3 Å². The molecule has 0 aliphatic carbocycles. The minimum absolute atomic E-state index is 0.0563. The van der Waals surface area contributed by atoms with Gasteiger partial charge >= 0.3 is 12.1 Å². The van der Waals surface area contributed by atoms with Gasteiger partial charge in [-0.3, -0.25) is 9.59 Å². The summed E-state index contributed by atoms with van der Waals surface area (Å²) >= 11 is 0. The van der Waals surface area contributed by atoms with Crippen molar-refractivity contribution in [1.82, 2.24) is 4.90 Å². The van der Waals surface area contributed by atoms with Crippen LogP contribution in [0.3, 0.4) is 0 Å². The van der Waals surface area contributed by atoms with Gasteiger partial charge < -0.3 is 24.6 Å². The lowest BCUT2D eigenvalue weighted by Gasteiger charge is -2.36. The Hall–Kier alpha value is -3.55. The number of benzene rings is 2. The number of carbonyl (C=O) groups is 3. The molecule has 176 valence electrons. The number of nitrogens with zero attached hydrogens (tertiary/aromatic N) is 2. The Labute approximate surface area is 194 Å². The molecule has 0 spiro atoms. The van der Waals surface area contributed by atoms with Gasteiger partial charge in [-0.15, -0.1) is 0 Å². The van der Waals surface area contributed by atoms with Crippen molar-refractivity contribution in [2.45, 2.75) is 33.3 Å². The van der Waals surface area contributed by atoms with Crippen molar-refractivity contribution < 1.29 is 23.9 Å². The largest absolute Gasteiger partial charge is 0.466 e. The van der Waals surface area contributed by atoms with Gasteiger partial charge in [0.1, 0.15) is 6.61 Å². The third kappa shape index (κ3) is 6.97. The van der Waals surface area contributed by atoms with E-state index in [4.69, 9.17) is 9.47 Å². The maximum absolute atomic E-state index is 12.4. The van der Waals surface area contributed by atoms with E-state index in [1.54, 1.807) is 11.8 Å². The molecule has 0 bridgehead atoms. The SMILES string of the molecule is CCOC(=O)CCC(=O)Nc1cccc(N2CCN(C(=O)OCc3ccccc3)CC2)c1C. The number of carbonyl (C=O) groups excluding carboxylic acids is 3. The Bertz CT molecular complexity index is 956. The maximum Gasteiger partial charge on any atom is 0.410 e. The number of hydrogen-bond acceptors (Lipinski definition) is 6. The van der Waals surface area contributed by atoms with E-state index in [2.05, 4.69) is 10.2 Å². The monoisotopic (exact) mass is 453 g/mol. The summed E-state index contributed by atoms with van der Waals surface area (Å²) in [5, 5.41) is 2.89. The minimum Gasteiger partial charge on any atom is -0.466 e. The van der Waals surface area contributed by atoms with E-state index in [1.807, 2.05) is 55.5 Å². The molecule has 1 aliphatic heterocycles. The molecule has 1 fully saturated rings. The summed E-state index contributed by atoms with van der Waals surface area (Å²) in [5.74, 6) is -0.604. The lowest BCUT2D eigenvalue weighted by Crippen LogP contribution is -2.49. The van der Waals surface area contributed by atoms with Gasteiger partial charge in [-0.25, -0.2) is 4.79 Å². The predicted molar refractivity (Wildman–Crippen MR) is 126 cm³/mol. The van der Waals surface area contributed by atoms with E-state index in [-0.39, 0.29) is 37.4 Å². The van der Waals surface area contributed by atoms with Gasteiger partial charge in [-0.05, 0) is 37.1 Å².